The van der Waals surface area contributed by atoms with Crippen LogP contribution in [0, 0.1) is 6.92 Å². The third kappa shape index (κ3) is 5.04. The second-order valence-electron chi connectivity index (χ2n) is 8.29. The number of aryl methyl sites for hydroxylation is 1. The minimum Gasteiger partial charge on any atom is -0.366 e. The zero-order valence-corrected chi connectivity index (χ0v) is 20.3. The number of benzene rings is 3. The van der Waals surface area contributed by atoms with E-state index < -0.39 is 0 Å². The number of anilines is 3. The molecule has 176 valence electrons. The molecule has 7 nitrogen and oxygen atoms in total. The molecule has 5 aromatic rings. The molecule has 0 aliphatic heterocycles. The second kappa shape index (κ2) is 10.1. The molecule has 0 aliphatic carbocycles. The number of carbonyl (C=O) groups is 1. The van der Waals surface area contributed by atoms with Crippen LogP contribution in [-0.4, -0.2) is 28.5 Å². The molecule has 2 amide bonds. The number of halogens is 1. The van der Waals surface area contributed by atoms with Crippen molar-refractivity contribution in [1.29, 1.82) is 0 Å². The molecule has 9 heteroatoms. The number of hydrogen-bond donors (Lipinski definition) is 3. The molecule has 0 bridgehead atoms. The summed E-state index contributed by atoms with van der Waals surface area (Å²) in [5.41, 5.74) is 5.90. The Balaban J connectivity index is 1.34. The van der Waals surface area contributed by atoms with Crippen LogP contribution in [0.25, 0.3) is 16.9 Å². The average Bonchev–Trinajstić information content (AvgIpc) is 3.25. The highest BCUT2D eigenvalue weighted by atomic mass is 35.5. The summed E-state index contributed by atoms with van der Waals surface area (Å²) in [4.78, 5) is 17.2. The number of urea groups is 1. The summed E-state index contributed by atoms with van der Waals surface area (Å²) >= 11 is 6.41. The number of hydrogen-bond acceptors (Lipinski definition) is 4. The number of carbonyl (C=O) groups excluding carboxylic acids is 1. The SMILES string of the molecule is [B]c1cnn2c(NCc3cccc(NC(=O)Nc4ccccc4C)c3)cc(-c3ccccc3Cl)nc12. The quantitative estimate of drug-likeness (QED) is 0.277. The maximum atomic E-state index is 12.5. The highest BCUT2D eigenvalue weighted by Gasteiger charge is 2.13. The lowest BCUT2D eigenvalue weighted by atomic mass is 10.0. The Hall–Kier alpha value is -4.30. The highest BCUT2D eigenvalue weighted by molar-refractivity contribution is 6.36. The van der Waals surface area contributed by atoms with Crippen LogP contribution in [0.4, 0.5) is 22.0 Å². The topological polar surface area (TPSA) is 83.3 Å². The minimum absolute atomic E-state index is 0.304. The monoisotopic (exact) mass is 492 g/mol. The molecule has 36 heavy (non-hydrogen) atoms. The van der Waals surface area contributed by atoms with Crippen molar-refractivity contribution in [3.63, 3.8) is 0 Å². The predicted molar refractivity (Wildman–Crippen MR) is 146 cm³/mol. The van der Waals surface area contributed by atoms with Crippen LogP contribution in [-0.2, 0) is 6.54 Å². The van der Waals surface area contributed by atoms with Gasteiger partial charge in [0, 0.05) is 40.8 Å². The molecule has 3 aromatic carbocycles. The van der Waals surface area contributed by atoms with Crippen molar-refractivity contribution in [1.82, 2.24) is 14.6 Å². The van der Waals surface area contributed by atoms with Crippen LogP contribution >= 0.6 is 11.6 Å². The molecule has 3 N–H and O–H groups in total. The van der Waals surface area contributed by atoms with E-state index in [9.17, 15) is 4.79 Å². The first-order valence-corrected chi connectivity index (χ1v) is 11.7. The van der Waals surface area contributed by atoms with Crippen molar-refractivity contribution in [3.8, 4) is 11.3 Å². The summed E-state index contributed by atoms with van der Waals surface area (Å²) < 4.78 is 1.66. The van der Waals surface area contributed by atoms with E-state index in [-0.39, 0.29) is 6.03 Å². The molecule has 2 heterocycles. The number of rotatable bonds is 6. The lowest BCUT2D eigenvalue weighted by molar-refractivity contribution is 0.262. The predicted octanol–water partition coefficient (Wildman–Crippen LogP) is 5.41. The third-order valence-electron chi connectivity index (χ3n) is 5.70. The Morgan fingerprint density at radius 3 is 2.64 bits per heavy atom. The van der Waals surface area contributed by atoms with Gasteiger partial charge in [0.15, 0.2) is 5.65 Å². The molecule has 2 radical (unpaired) electrons. The fourth-order valence-corrected chi connectivity index (χ4v) is 4.09. The van der Waals surface area contributed by atoms with E-state index in [1.54, 1.807) is 10.7 Å². The standard InChI is InChI=1S/C27H22BClN6O/c1-17-7-2-5-12-23(17)34-27(36)32-19-9-6-8-18(13-19)15-30-25-14-24(20-10-3-4-11-22(20)29)33-26-21(28)16-31-35(25)26/h2-14,16,30H,15H2,1H3,(H2,32,34,36). The first kappa shape index (κ1) is 23.4. The van der Waals surface area contributed by atoms with E-state index in [0.717, 1.165) is 22.4 Å². The number of aromatic nitrogens is 3. The van der Waals surface area contributed by atoms with Crippen LogP contribution in [0.5, 0.6) is 0 Å². The van der Waals surface area contributed by atoms with E-state index in [2.05, 4.69) is 26.0 Å². The molecule has 0 aliphatic rings. The molecule has 2 aromatic heterocycles. The van der Waals surface area contributed by atoms with Crippen molar-refractivity contribution in [3.05, 3.63) is 101 Å². The average molecular weight is 493 g/mol. The molecule has 0 fully saturated rings. The third-order valence-corrected chi connectivity index (χ3v) is 6.03. The van der Waals surface area contributed by atoms with Gasteiger partial charge in [0.25, 0.3) is 0 Å². The van der Waals surface area contributed by atoms with Crippen LogP contribution in [0.3, 0.4) is 0 Å². The smallest absolute Gasteiger partial charge is 0.323 e. The van der Waals surface area contributed by atoms with Gasteiger partial charge in [-0.05, 0) is 47.8 Å². The second-order valence-corrected chi connectivity index (χ2v) is 8.70. The van der Waals surface area contributed by atoms with Crippen molar-refractivity contribution in [2.75, 3.05) is 16.0 Å². The summed E-state index contributed by atoms with van der Waals surface area (Å²) in [5.74, 6) is 0.710. The normalized spacial score (nSPS) is 10.8. The number of para-hydroxylation sites is 1. The first-order valence-electron chi connectivity index (χ1n) is 11.3. The number of nitrogens with one attached hydrogen (secondary N) is 3. The summed E-state index contributed by atoms with van der Waals surface area (Å²) in [6, 6.07) is 24.3. The molecule has 0 saturated carbocycles. The van der Waals surface area contributed by atoms with Gasteiger partial charge in [-0.25, -0.2) is 9.78 Å². The molecule has 5 rings (SSSR count). The van der Waals surface area contributed by atoms with Gasteiger partial charge >= 0.3 is 6.03 Å². The number of fused-ring (bicyclic) bond motifs is 1. The summed E-state index contributed by atoms with van der Waals surface area (Å²) in [5, 5.41) is 14.1. The fraction of sp³-hybridized carbons (Fsp3) is 0.0741. The van der Waals surface area contributed by atoms with E-state index in [4.69, 9.17) is 19.4 Å². The Morgan fingerprint density at radius 1 is 1.00 bits per heavy atom. The van der Waals surface area contributed by atoms with Crippen LogP contribution in [0.2, 0.25) is 5.02 Å². The molecule has 0 spiro atoms. The van der Waals surface area contributed by atoms with E-state index in [0.29, 0.717) is 39.9 Å². The lowest BCUT2D eigenvalue weighted by Crippen LogP contribution is -2.20. The minimum atomic E-state index is -0.304. The van der Waals surface area contributed by atoms with Crippen molar-refractivity contribution in [2.45, 2.75) is 13.5 Å². The van der Waals surface area contributed by atoms with Crippen molar-refractivity contribution in [2.24, 2.45) is 0 Å². The Morgan fingerprint density at radius 2 is 1.81 bits per heavy atom. The van der Waals surface area contributed by atoms with Gasteiger partial charge in [0.2, 0.25) is 0 Å². The maximum Gasteiger partial charge on any atom is 0.323 e. The largest absolute Gasteiger partial charge is 0.366 e. The Labute approximate surface area is 214 Å². The van der Waals surface area contributed by atoms with Gasteiger partial charge in [-0.1, -0.05) is 60.1 Å². The first-order chi connectivity index (χ1) is 17.5. The van der Waals surface area contributed by atoms with E-state index >= 15 is 0 Å². The Kier molecular flexibility index (Phi) is 6.60. The highest BCUT2D eigenvalue weighted by Crippen LogP contribution is 2.28. The zero-order chi connectivity index (χ0) is 25.1. The fourth-order valence-electron chi connectivity index (χ4n) is 3.86. The summed E-state index contributed by atoms with van der Waals surface area (Å²) in [6.07, 6.45) is 1.57. The van der Waals surface area contributed by atoms with Gasteiger partial charge in [0.05, 0.1) is 5.69 Å². The molecular formula is C27H22BClN6O. The summed E-state index contributed by atoms with van der Waals surface area (Å²) in [7, 11) is 6.12. The van der Waals surface area contributed by atoms with Crippen LogP contribution in [0.1, 0.15) is 11.1 Å². The molecule has 0 atom stereocenters. The molecule has 0 saturated heterocycles. The van der Waals surface area contributed by atoms with Crippen molar-refractivity contribution >= 4 is 53.8 Å². The van der Waals surface area contributed by atoms with Crippen LogP contribution < -0.4 is 21.4 Å². The van der Waals surface area contributed by atoms with E-state index in [1.807, 2.05) is 85.8 Å². The van der Waals surface area contributed by atoms with Gasteiger partial charge in [0.1, 0.15) is 13.7 Å². The van der Waals surface area contributed by atoms with Crippen molar-refractivity contribution < 1.29 is 4.79 Å². The lowest BCUT2D eigenvalue weighted by Gasteiger charge is -2.13. The number of nitrogens with zero attached hydrogens (tertiary/aromatic N) is 3. The molecule has 0 unspecified atom stereocenters. The van der Waals surface area contributed by atoms with Gasteiger partial charge in [-0.2, -0.15) is 9.61 Å². The molecular weight excluding hydrogens is 471 g/mol. The summed E-state index contributed by atoms with van der Waals surface area (Å²) in [6.45, 7) is 2.43. The van der Waals surface area contributed by atoms with Gasteiger partial charge < -0.3 is 16.0 Å². The Bertz CT molecular complexity index is 1570. The van der Waals surface area contributed by atoms with Gasteiger partial charge in [-0.15, -0.1) is 0 Å². The maximum absolute atomic E-state index is 12.5. The zero-order valence-electron chi connectivity index (χ0n) is 19.5. The number of amides is 2. The van der Waals surface area contributed by atoms with Crippen LogP contribution in [0.15, 0.2) is 85.1 Å². The van der Waals surface area contributed by atoms with Gasteiger partial charge in [-0.3, -0.25) is 0 Å². The van der Waals surface area contributed by atoms with E-state index in [1.165, 1.54) is 0 Å².